The standard InChI is InChI=1S/C9H12Si/c1-8(10-2)9-6-4-3-5-7-9/h3-7,10H,1-2H3. The Labute approximate surface area is 64.3 Å². The van der Waals surface area contributed by atoms with Gasteiger partial charge in [0.25, 0.3) is 0 Å². The van der Waals surface area contributed by atoms with Crippen molar-refractivity contribution in [2.45, 2.75) is 13.5 Å². The third kappa shape index (κ3) is 1.64. The summed E-state index contributed by atoms with van der Waals surface area (Å²) < 4.78 is 0. The van der Waals surface area contributed by atoms with Crippen molar-refractivity contribution < 1.29 is 0 Å². The van der Waals surface area contributed by atoms with E-state index in [0.29, 0.717) is 9.13 Å². The molecule has 0 atom stereocenters. The van der Waals surface area contributed by atoms with Gasteiger partial charge in [0.15, 0.2) is 0 Å². The van der Waals surface area contributed by atoms with E-state index >= 15 is 0 Å². The van der Waals surface area contributed by atoms with Gasteiger partial charge < -0.3 is 0 Å². The number of benzene rings is 1. The van der Waals surface area contributed by atoms with Crippen molar-refractivity contribution in [1.29, 1.82) is 0 Å². The highest BCUT2D eigenvalue weighted by atomic mass is 28.2. The summed E-state index contributed by atoms with van der Waals surface area (Å²) in [7, 11) is 0.491. The van der Waals surface area contributed by atoms with Gasteiger partial charge in [0.1, 0.15) is 0 Å². The molecule has 1 heteroatoms. The van der Waals surface area contributed by atoms with Crippen LogP contribution in [0.25, 0.3) is 0 Å². The molecule has 0 amide bonds. The van der Waals surface area contributed by atoms with Gasteiger partial charge in [-0.15, -0.1) is 0 Å². The first kappa shape index (κ1) is 7.41. The van der Waals surface area contributed by atoms with Crippen LogP contribution in [0.2, 0.25) is 6.55 Å². The molecule has 0 fully saturated rings. The lowest BCUT2D eigenvalue weighted by atomic mass is 10.2. The molecule has 0 nitrogen and oxygen atoms in total. The lowest BCUT2D eigenvalue weighted by molar-refractivity contribution is 1.65. The average Bonchev–Trinajstić information content (AvgIpc) is 2.05. The average molecular weight is 148 g/mol. The maximum atomic E-state index is 2.27. The predicted octanol–water partition coefficient (Wildman–Crippen LogP) is 1.71. The Morgan fingerprint density at radius 2 is 1.80 bits per heavy atom. The van der Waals surface area contributed by atoms with Crippen LogP contribution in [-0.2, 0) is 0 Å². The fourth-order valence-corrected chi connectivity index (χ4v) is 1.39. The maximum Gasteiger partial charge on any atom is -0.00542 e. The van der Waals surface area contributed by atoms with Crippen molar-refractivity contribution in [3.8, 4) is 0 Å². The molecule has 10 heavy (non-hydrogen) atoms. The van der Waals surface area contributed by atoms with E-state index in [-0.39, 0.29) is 0 Å². The van der Waals surface area contributed by atoms with Gasteiger partial charge in [-0.2, -0.15) is 0 Å². The molecule has 0 heterocycles. The number of hydrogen-bond acceptors (Lipinski definition) is 0. The lowest BCUT2D eigenvalue weighted by Gasteiger charge is -1.97. The molecule has 0 aromatic heterocycles. The van der Waals surface area contributed by atoms with Gasteiger partial charge in [0.05, 0.1) is 0 Å². The second kappa shape index (κ2) is 3.47. The van der Waals surface area contributed by atoms with Crippen LogP contribution in [0, 0.1) is 0 Å². The first-order valence-electron chi connectivity index (χ1n) is 3.53. The molecule has 52 valence electrons. The summed E-state index contributed by atoms with van der Waals surface area (Å²) in [5.41, 5.74) is 1.40. The Hall–Kier alpha value is -0.693. The van der Waals surface area contributed by atoms with Crippen molar-refractivity contribution >= 4 is 14.3 Å². The second-order valence-corrected chi connectivity index (χ2v) is 3.78. The zero-order chi connectivity index (χ0) is 7.40. The summed E-state index contributed by atoms with van der Waals surface area (Å²) in [5, 5.41) is 1.54. The smallest absolute Gasteiger partial charge is 0.00542 e. The molecule has 1 rings (SSSR count). The van der Waals surface area contributed by atoms with Crippen molar-refractivity contribution in [1.82, 2.24) is 0 Å². The summed E-state index contributed by atoms with van der Waals surface area (Å²) >= 11 is 0. The highest BCUT2D eigenvalue weighted by Crippen LogP contribution is 1.97. The molecule has 0 spiro atoms. The fourth-order valence-electron chi connectivity index (χ4n) is 0.868. The molecule has 1 aromatic carbocycles. The minimum Gasteiger partial charge on any atom is -0.0677 e. The minimum atomic E-state index is 0.491. The first-order valence-corrected chi connectivity index (χ1v) is 5.26. The van der Waals surface area contributed by atoms with Gasteiger partial charge in [0.2, 0.25) is 0 Å². The van der Waals surface area contributed by atoms with Crippen LogP contribution in [0.4, 0.5) is 0 Å². The Kier molecular flexibility index (Phi) is 2.57. The van der Waals surface area contributed by atoms with Gasteiger partial charge in [0, 0.05) is 0 Å². The fraction of sp³-hybridized carbons (Fsp3) is 0.222. The number of hydrogen-bond donors (Lipinski definition) is 0. The van der Waals surface area contributed by atoms with E-state index in [1.54, 1.807) is 5.17 Å². The monoisotopic (exact) mass is 148 g/mol. The van der Waals surface area contributed by atoms with Crippen LogP contribution < -0.4 is 0 Å². The molecule has 0 bridgehead atoms. The molecule has 0 saturated heterocycles. The molecule has 0 radical (unpaired) electrons. The third-order valence-electron chi connectivity index (χ3n) is 1.66. The Morgan fingerprint density at radius 1 is 1.20 bits per heavy atom. The van der Waals surface area contributed by atoms with Crippen LogP contribution in [0.3, 0.4) is 0 Å². The summed E-state index contributed by atoms with van der Waals surface area (Å²) in [4.78, 5) is 0. The van der Waals surface area contributed by atoms with Crippen LogP contribution in [0.1, 0.15) is 12.5 Å². The van der Waals surface area contributed by atoms with Crippen LogP contribution in [0.5, 0.6) is 0 Å². The van der Waals surface area contributed by atoms with E-state index in [9.17, 15) is 0 Å². The molecule has 0 N–H and O–H groups in total. The Bertz CT molecular complexity index is 224. The summed E-state index contributed by atoms with van der Waals surface area (Å²) in [6.45, 7) is 4.48. The highest BCUT2D eigenvalue weighted by molar-refractivity contribution is 6.56. The van der Waals surface area contributed by atoms with Crippen LogP contribution >= 0.6 is 0 Å². The predicted molar refractivity (Wildman–Crippen MR) is 49.2 cm³/mol. The quantitative estimate of drug-likeness (QED) is 0.532. The normalized spacial score (nSPS) is 11.6. The molecular formula is C9H12Si. The van der Waals surface area contributed by atoms with E-state index in [1.807, 2.05) is 0 Å². The highest BCUT2D eigenvalue weighted by Gasteiger charge is 1.88. The largest absolute Gasteiger partial charge is 0.0677 e. The SMILES string of the molecule is C[SiH]=C(C)c1ccccc1. The molecule has 1 aromatic rings. The maximum absolute atomic E-state index is 2.27. The van der Waals surface area contributed by atoms with E-state index in [4.69, 9.17) is 0 Å². The summed E-state index contributed by atoms with van der Waals surface area (Å²) in [6, 6.07) is 10.6. The third-order valence-corrected chi connectivity index (χ3v) is 2.86. The van der Waals surface area contributed by atoms with Crippen LogP contribution in [0.15, 0.2) is 30.3 Å². The molecule has 0 aliphatic heterocycles. The molecule has 0 aliphatic rings. The summed E-state index contributed by atoms with van der Waals surface area (Å²) in [6.07, 6.45) is 0. The van der Waals surface area contributed by atoms with Crippen molar-refractivity contribution in [2.75, 3.05) is 0 Å². The van der Waals surface area contributed by atoms with Gasteiger partial charge in [-0.05, 0) is 21.6 Å². The van der Waals surface area contributed by atoms with Gasteiger partial charge in [-0.1, -0.05) is 42.0 Å². The van der Waals surface area contributed by atoms with Crippen molar-refractivity contribution in [3.63, 3.8) is 0 Å². The first-order chi connectivity index (χ1) is 4.84. The molecule has 0 saturated carbocycles. The van der Waals surface area contributed by atoms with Gasteiger partial charge in [-0.3, -0.25) is 0 Å². The molecular weight excluding hydrogens is 136 g/mol. The van der Waals surface area contributed by atoms with E-state index in [0.717, 1.165) is 0 Å². The molecule has 0 unspecified atom stereocenters. The lowest BCUT2D eigenvalue weighted by Crippen LogP contribution is -1.96. The Balaban J connectivity index is 2.96. The molecule has 0 aliphatic carbocycles. The van der Waals surface area contributed by atoms with E-state index < -0.39 is 0 Å². The Morgan fingerprint density at radius 3 is 2.30 bits per heavy atom. The zero-order valence-corrected chi connectivity index (χ0v) is 7.62. The zero-order valence-electron chi connectivity index (χ0n) is 6.46. The summed E-state index contributed by atoms with van der Waals surface area (Å²) in [5.74, 6) is 0. The topological polar surface area (TPSA) is 0 Å². The van der Waals surface area contributed by atoms with E-state index in [2.05, 4.69) is 43.8 Å². The van der Waals surface area contributed by atoms with Gasteiger partial charge in [-0.25, -0.2) is 0 Å². The van der Waals surface area contributed by atoms with Crippen molar-refractivity contribution in [2.24, 2.45) is 0 Å². The van der Waals surface area contributed by atoms with E-state index in [1.165, 1.54) is 5.56 Å². The minimum absolute atomic E-state index is 0.491. The second-order valence-electron chi connectivity index (χ2n) is 2.34. The number of rotatable bonds is 1. The van der Waals surface area contributed by atoms with Crippen LogP contribution in [-0.4, -0.2) is 14.3 Å². The van der Waals surface area contributed by atoms with Crippen molar-refractivity contribution in [3.05, 3.63) is 35.9 Å². The van der Waals surface area contributed by atoms with Gasteiger partial charge >= 0.3 is 0 Å².